The Morgan fingerprint density at radius 1 is 1.21 bits per heavy atom. The average molecular weight is 198 g/mol. The second-order valence-corrected chi connectivity index (χ2v) is 4.75. The van der Waals surface area contributed by atoms with Crippen molar-refractivity contribution in [2.75, 3.05) is 26.2 Å². The van der Waals surface area contributed by atoms with Gasteiger partial charge in [0.1, 0.15) is 0 Å². The van der Waals surface area contributed by atoms with Gasteiger partial charge in [0.05, 0.1) is 19.2 Å². The molecule has 2 fully saturated rings. The smallest absolute Gasteiger partial charge is 0.320 e. The van der Waals surface area contributed by atoms with Crippen molar-refractivity contribution in [2.45, 2.75) is 20.0 Å². The van der Waals surface area contributed by atoms with Crippen LogP contribution in [-0.2, 0) is 0 Å². The van der Waals surface area contributed by atoms with Crippen LogP contribution < -0.4 is 0 Å². The highest BCUT2D eigenvalue weighted by molar-refractivity contribution is 5.76. The first kappa shape index (κ1) is 9.77. The summed E-state index contributed by atoms with van der Waals surface area (Å²) in [5.41, 5.74) is 0. The van der Waals surface area contributed by atoms with Gasteiger partial charge in [0.2, 0.25) is 0 Å². The number of likely N-dealkylation sites (tertiary alicyclic amines) is 2. The summed E-state index contributed by atoms with van der Waals surface area (Å²) in [7, 11) is 0. The van der Waals surface area contributed by atoms with Crippen molar-refractivity contribution in [3.05, 3.63) is 0 Å². The van der Waals surface area contributed by atoms with Crippen LogP contribution in [0.5, 0.6) is 0 Å². The molecule has 0 radical (unpaired) electrons. The Morgan fingerprint density at radius 2 is 1.71 bits per heavy atom. The third kappa shape index (κ3) is 1.59. The van der Waals surface area contributed by atoms with E-state index in [0.717, 1.165) is 13.1 Å². The van der Waals surface area contributed by atoms with Crippen LogP contribution in [0.4, 0.5) is 4.79 Å². The lowest BCUT2D eigenvalue weighted by molar-refractivity contribution is -0.00278. The van der Waals surface area contributed by atoms with E-state index in [1.165, 1.54) is 0 Å². The Kier molecular flexibility index (Phi) is 2.39. The molecule has 2 saturated heterocycles. The van der Waals surface area contributed by atoms with E-state index in [9.17, 15) is 4.79 Å². The predicted octanol–water partition coefficient (Wildman–Crippen LogP) is 0.371. The summed E-state index contributed by atoms with van der Waals surface area (Å²) in [5.74, 6) is 1.34. The van der Waals surface area contributed by atoms with Gasteiger partial charge in [-0.15, -0.1) is 0 Å². The molecule has 80 valence electrons. The first-order valence-electron chi connectivity index (χ1n) is 5.30. The first-order valence-corrected chi connectivity index (χ1v) is 5.30. The number of urea groups is 1. The molecule has 2 aliphatic heterocycles. The lowest BCUT2D eigenvalue weighted by Gasteiger charge is -2.46. The first-order chi connectivity index (χ1) is 6.58. The van der Waals surface area contributed by atoms with Crippen LogP contribution in [0.15, 0.2) is 0 Å². The second kappa shape index (κ2) is 3.42. The lowest BCUT2D eigenvalue weighted by atomic mass is 9.88. The predicted molar refractivity (Wildman–Crippen MR) is 52.9 cm³/mol. The molecule has 0 aromatic heterocycles. The van der Waals surface area contributed by atoms with E-state index < -0.39 is 0 Å². The molecule has 4 heteroatoms. The monoisotopic (exact) mass is 198 g/mol. The van der Waals surface area contributed by atoms with E-state index in [4.69, 9.17) is 5.11 Å². The fraction of sp³-hybridized carbons (Fsp3) is 0.900. The van der Waals surface area contributed by atoms with Gasteiger partial charge in [-0.3, -0.25) is 0 Å². The van der Waals surface area contributed by atoms with E-state index in [-0.39, 0.29) is 12.1 Å². The fourth-order valence-corrected chi connectivity index (χ4v) is 1.90. The minimum atomic E-state index is -0.291. The Hall–Kier alpha value is -0.770. The van der Waals surface area contributed by atoms with E-state index >= 15 is 0 Å². The topological polar surface area (TPSA) is 43.8 Å². The van der Waals surface area contributed by atoms with Crippen molar-refractivity contribution >= 4 is 6.03 Å². The zero-order valence-electron chi connectivity index (χ0n) is 8.81. The molecule has 2 amide bonds. The van der Waals surface area contributed by atoms with Crippen molar-refractivity contribution < 1.29 is 9.90 Å². The van der Waals surface area contributed by atoms with Crippen molar-refractivity contribution in [3.8, 4) is 0 Å². The molecule has 2 aliphatic rings. The summed E-state index contributed by atoms with van der Waals surface area (Å²) in [6, 6.07) is 0.104. The molecule has 4 nitrogen and oxygen atoms in total. The van der Waals surface area contributed by atoms with E-state index in [2.05, 4.69) is 13.8 Å². The van der Waals surface area contributed by atoms with Gasteiger partial charge in [-0.1, -0.05) is 13.8 Å². The summed E-state index contributed by atoms with van der Waals surface area (Å²) in [5, 5.41) is 9.07. The van der Waals surface area contributed by atoms with Crippen LogP contribution in [0.1, 0.15) is 13.8 Å². The van der Waals surface area contributed by atoms with Gasteiger partial charge < -0.3 is 14.9 Å². The number of rotatable bonds is 1. The fourth-order valence-electron chi connectivity index (χ4n) is 1.90. The van der Waals surface area contributed by atoms with Crippen LogP contribution in [0.25, 0.3) is 0 Å². The number of aliphatic hydroxyl groups is 1. The van der Waals surface area contributed by atoms with Crippen LogP contribution >= 0.6 is 0 Å². The van der Waals surface area contributed by atoms with Crippen molar-refractivity contribution in [3.63, 3.8) is 0 Å². The molecule has 0 unspecified atom stereocenters. The quantitative estimate of drug-likeness (QED) is 0.661. The molecule has 0 bridgehead atoms. The molecule has 0 saturated carbocycles. The third-order valence-electron chi connectivity index (χ3n) is 3.26. The van der Waals surface area contributed by atoms with Crippen LogP contribution in [-0.4, -0.2) is 53.2 Å². The summed E-state index contributed by atoms with van der Waals surface area (Å²) in [6.07, 6.45) is -0.291. The summed E-state index contributed by atoms with van der Waals surface area (Å²) in [4.78, 5) is 15.2. The molecule has 2 heterocycles. The third-order valence-corrected chi connectivity index (χ3v) is 3.26. The van der Waals surface area contributed by atoms with Crippen LogP contribution in [0.3, 0.4) is 0 Å². The van der Waals surface area contributed by atoms with Crippen LogP contribution in [0.2, 0.25) is 0 Å². The maximum Gasteiger partial charge on any atom is 0.320 e. The normalized spacial score (nSPS) is 23.7. The van der Waals surface area contributed by atoms with Gasteiger partial charge in [-0.2, -0.15) is 0 Å². The van der Waals surface area contributed by atoms with Crippen molar-refractivity contribution in [1.29, 1.82) is 0 Å². The number of aliphatic hydroxyl groups excluding tert-OH is 1. The van der Waals surface area contributed by atoms with E-state index in [0.29, 0.717) is 24.9 Å². The largest absolute Gasteiger partial charge is 0.389 e. The number of β-amino-alcohol motifs (C(OH)–C–C–N with tert-alkyl or cyclic N) is 1. The van der Waals surface area contributed by atoms with Gasteiger partial charge in [0.15, 0.2) is 0 Å². The average Bonchev–Trinajstić information content (AvgIpc) is 1.94. The Morgan fingerprint density at radius 3 is 2.14 bits per heavy atom. The highest BCUT2D eigenvalue weighted by Gasteiger charge is 2.38. The molecular weight excluding hydrogens is 180 g/mol. The zero-order chi connectivity index (χ0) is 10.3. The SMILES string of the molecule is CC(C)C1CN(C(=O)N2CC(O)C2)C1. The number of carbonyl (C=O) groups is 1. The standard InChI is InChI=1S/C10H18N2O2/c1-7(2)8-3-11(4-8)10(14)12-5-9(13)6-12/h7-9,13H,3-6H2,1-2H3. The number of carbonyl (C=O) groups excluding carboxylic acids is 1. The maximum absolute atomic E-state index is 11.7. The van der Waals surface area contributed by atoms with E-state index in [1.807, 2.05) is 4.90 Å². The Labute approximate surface area is 84.5 Å². The summed E-state index contributed by atoms with van der Waals surface area (Å²) in [6.45, 7) is 7.20. The molecule has 0 spiro atoms. The number of hydrogen-bond acceptors (Lipinski definition) is 2. The highest BCUT2D eigenvalue weighted by atomic mass is 16.3. The Balaban J connectivity index is 1.74. The molecule has 0 aromatic rings. The zero-order valence-corrected chi connectivity index (χ0v) is 8.81. The molecule has 1 N–H and O–H groups in total. The van der Waals surface area contributed by atoms with Crippen molar-refractivity contribution in [1.82, 2.24) is 9.80 Å². The lowest BCUT2D eigenvalue weighted by Crippen LogP contribution is -2.62. The molecule has 0 aliphatic carbocycles. The summed E-state index contributed by atoms with van der Waals surface area (Å²) >= 11 is 0. The number of hydrogen-bond donors (Lipinski definition) is 1. The van der Waals surface area contributed by atoms with E-state index in [1.54, 1.807) is 4.90 Å². The minimum absolute atomic E-state index is 0.104. The number of amides is 2. The molecule has 2 rings (SSSR count). The van der Waals surface area contributed by atoms with Crippen LogP contribution in [0, 0.1) is 11.8 Å². The Bertz CT molecular complexity index is 230. The van der Waals surface area contributed by atoms with Gasteiger partial charge in [0, 0.05) is 13.1 Å². The maximum atomic E-state index is 11.7. The van der Waals surface area contributed by atoms with Crippen molar-refractivity contribution in [2.24, 2.45) is 11.8 Å². The molecular formula is C10H18N2O2. The minimum Gasteiger partial charge on any atom is -0.389 e. The second-order valence-electron chi connectivity index (χ2n) is 4.75. The molecule has 0 atom stereocenters. The summed E-state index contributed by atoms with van der Waals surface area (Å²) < 4.78 is 0. The van der Waals surface area contributed by atoms with Gasteiger partial charge in [-0.25, -0.2) is 4.79 Å². The highest BCUT2D eigenvalue weighted by Crippen LogP contribution is 2.25. The number of nitrogens with zero attached hydrogens (tertiary/aromatic N) is 2. The van der Waals surface area contributed by atoms with Gasteiger partial charge in [0.25, 0.3) is 0 Å². The molecule has 0 aromatic carbocycles. The van der Waals surface area contributed by atoms with Gasteiger partial charge in [-0.05, 0) is 11.8 Å². The molecule has 14 heavy (non-hydrogen) atoms. The van der Waals surface area contributed by atoms with Gasteiger partial charge >= 0.3 is 6.03 Å².